The third kappa shape index (κ3) is 5.17. The molecule has 0 spiro atoms. The molecule has 0 fully saturated rings. The van der Waals surface area contributed by atoms with E-state index >= 15 is 0 Å². The van der Waals surface area contributed by atoms with Gasteiger partial charge >= 0.3 is 0 Å². The van der Waals surface area contributed by atoms with E-state index in [1.54, 1.807) is 12.0 Å². The molecule has 1 unspecified atom stereocenters. The van der Waals surface area contributed by atoms with Crippen molar-refractivity contribution in [2.24, 2.45) is 4.99 Å². The van der Waals surface area contributed by atoms with Crippen LogP contribution in [0.4, 0.5) is 11.5 Å². The van der Waals surface area contributed by atoms with Crippen LogP contribution >= 0.6 is 0 Å². The molecular formula is C33H27N5O2. The minimum atomic E-state index is -0.919. The molecule has 0 bridgehead atoms. The molecule has 6 rings (SSSR count). The summed E-state index contributed by atoms with van der Waals surface area (Å²) in [5, 5.41) is 12.0. The van der Waals surface area contributed by atoms with Crippen molar-refractivity contribution in [2.45, 2.75) is 12.7 Å². The van der Waals surface area contributed by atoms with Crippen LogP contribution in [0.3, 0.4) is 0 Å². The van der Waals surface area contributed by atoms with Gasteiger partial charge in [0.15, 0.2) is 5.82 Å². The Hall–Kier alpha value is -5.30. The second kappa shape index (κ2) is 11.2. The quantitative estimate of drug-likeness (QED) is 0.283. The second-order valence-corrected chi connectivity index (χ2v) is 9.35. The van der Waals surface area contributed by atoms with Crippen molar-refractivity contribution < 1.29 is 9.53 Å². The summed E-state index contributed by atoms with van der Waals surface area (Å²) in [6, 6.07) is 39.1. The zero-order chi connectivity index (χ0) is 27.3. The van der Waals surface area contributed by atoms with E-state index in [2.05, 4.69) is 15.5 Å². The third-order valence-corrected chi connectivity index (χ3v) is 6.77. The lowest BCUT2D eigenvalue weighted by Crippen LogP contribution is -2.41. The van der Waals surface area contributed by atoms with Gasteiger partial charge in [0.1, 0.15) is 5.75 Å². The molecule has 7 heteroatoms. The Morgan fingerprint density at radius 1 is 0.750 bits per heavy atom. The number of para-hydroxylation sites is 1. The average Bonchev–Trinajstić information content (AvgIpc) is 3.13. The van der Waals surface area contributed by atoms with Crippen LogP contribution < -0.4 is 15.0 Å². The summed E-state index contributed by atoms with van der Waals surface area (Å²) >= 11 is 0. The van der Waals surface area contributed by atoms with Crippen molar-refractivity contribution in [3.05, 3.63) is 138 Å². The first-order valence-electron chi connectivity index (χ1n) is 13.0. The number of carbonyl (C=O) groups excluding carboxylic acids is 1. The number of amides is 1. The number of ether oxygens (including phenoxy) is 1. The summed E-state index contributed by atoms with van der Waals surface area (Å²) in [6.07, 6.45) is -0.919. The number of methoxy groups -OCH3 is 1. The first kappa shape index (κ1) is 25.0. The van der Waals surface area contributed by atoms with Crippen LogP contribution in [0.2, 0.25) is 0 Å². The van der Waals surface area contributed by atoms with Crippen LogP contribution in [-0.2, 0) is 11.3 Å². The van der Waals surface area contributed by atoms with Gasteiger partial charge in [0, 0.05) is 16.7 Å². The van der Waals surface area contributed by atoms with Crippen LogP contribution in [-0.4, -0.2) is 35.1 Å². The summed E-state index contributed by atoms with van der Waals surface area (Å²) in [6.45, 7) is 0.369. The van der Waals surface area contributed by atoms with Crippen LogP contribution in [0.1, 0.15) is 16.7 Å². The fourth-order valence-corrected chi connectivity index (χ4v) is 4.74. The van der Waals surface area contributed by atoms with E-state index < -0.39 is 6.17 Å². The lowest BCUT2D eigenvalue weighted by molar-refractivity contribution is -0.119. The molecule has 40 heavy (non-hydrogen) atoms. The fourth-order valence-electron chi connectivity index (χ4n) is 4.74. The Kier molecular flexibility index (Phi) is 7.01. The largest absolute Gasteiger partial charge is 0.497 e. The number of aromatic nitrogens is 2. The Morgan fingerprint density at radius 3 is 2.10 bits per heavy atom. The highest BCUT2D eigenvalue weighted by Gasteiger charge is 2.32. The van der Waals surface area contributed by atoms with Gasteiger partial charge in [0.25, 0.3) is 5.91 Å². The lowest BCUT2D eigenvalue weighted by Gasteiger charge is -2.26. The van der Waals surface area contributed by atoms with E-state index in [4.69, 9.17) is 9.73 Å². The molecular weight excluding hydrogens is 498 g/mol. The van der Waals surface area contributed by atoms with Gasteiger partial charge in [0.05, 0.1) is 30.7 Å². The second-order valence-electron chi connectivity index (χ2n) is 9.35. The predicted molar refractivity (Wildman–Crippen MR) is 158 cm³/mol. The maximum absolute atomic E-state index is 14.2. The highest BCUT2D eigenvalue weighted by atomic mass is 16.5. The number of anilines is 2. The topological polar surface area (TPSA) is 79.7 Å². The van der Waals surface area contributed by atoms with Gasteiger partial charge in [-0.3, -0.25) is 4.79 Å². The molecule has 1 N–H and O–H groups in total. The van der Waals surface area contributed by atoms with Gasteiger partial charge in [-0.1, -0.05) is 91.0 Å². The van der Waals surface area contributed by atoms with Crippen LogP contribution in [0.25, 0.3) is 11.3 Å². The highest BCUT2D eigenvalue weighted by molar-refractivity contribution is 6.20. The van der Waals surface area contributed by atoms with E-state index in [0.717, 1.165) is 45.1 Å². The number of benzene rings is 4. The van der Waals surface area contributed by atoms with Crippen molar-refractivity contribution in [3.63, 3.8) is 0 Å². The lowest BCUT2D eigenvalue weighted by atomic mass is 10.00. The summed E-state index contributed by atoms with van der Waals surface area (Å²) in [5.74, 6) is 1.03. The SMILES string of the molecule is COc1ccc(CN2C(=O)C(Nc3ccc(-c4ccccc4)nn3)N=C(c3ccccc3)c3ccccc32)cc1. The smallest absolute Gasteiger partial charge is 0.272 e. The first-order valence-corrected chi connectivity index (χ1v) is 13.0. The predicted octanol–water partition coefficient (Wildman–Crippen LogP) is 5.97. The van der Waals surface area contributed by atoms with E-state index in [1.165, 1.54) is 0 Å². The normalized spacial score (nSPS) is 14.6. The summed E-state index contributed by atoms with van der Waals surface area (Å²) < 4.78 is 5.32. The summed E-state index contributed by atoms with van der Waals surface area (Å²) in [5.41, 5.74) is 6.02. The Labute approximate surface area is 232 Å². The molecule has 5 aromatic rings. The van der Waals surface area contributed by atoms with E-state index in [1.807, 2.05) is 121 Å². The molecule has 196 valence electrons. The number of aliphatic imine (C=N–C) groups is 1. The number of carbonyl (C=O) groups is 1. The maximum Gasteiger partial charge on any atom is 0.272 e. The highest BCUT2D eigenvalue weighted by Crippen LogP contribution is 2.30. The average molecular weight is 526 g/mol. The molecule has 0 saturated heterocycles. The number of benzodiazepines with no additional fused rings is 1. The molecule has 1 amide bonds. The molecule has 7 nitrogen and oxygen atoms in total. The number of nitrogens with zero attached hydrogens (tertiary/aromatic N) is 4. The number of rotatable bonds is 7. The molecule has 0 radical (unpaired) electrons. The first-order chi connectivity index (χ1) is 19.7. The number of fused-ring (bicyclic) bond motifs is 1. The number of nitrogens with one attached hydrogen (secondary N) is 1. The molecule has 0 saturated carbocycles. The van der Waals surface area contributed by atoms with E-state index in [9.17, 15) is 4.79 Å². The Bertz CT molecular complexity index is 1640. The van der Waals surface area contributed by atoms with E-state index in [0.29, 0.717) is 12.4 Å². The van der Waals surface area contributed by atoms with Crippen LogP contribution in [0.5, 0.6) is 5.75 Å². The molecule has 2 heterocycles. The van der Waals surface area contributed by atoms with Crippen molar-refractivity contribution in [3.8, 4) is 17.0 Å². The molecule has 4 aromatic carbocycles. The number of hydrogen-bond acceptors (Lipinski definition) is 6. The standard InChI is InChI=1S/C33H27N5O2/c1-40-26-18-16-23(17-19-26)22-38-29-15-9-8-14-27(29)31(25-12-6-3-7-13-25)35-32(33(38)39)34-30-21-20-28(36-37-30)24-10-4-2-5-11-24/h2-21,32H,22H2,1H3,(H,34,37). The summed E-state index contributed by atoms with van der Waals surface area (Å²) in [7, 11) is 1.64. The monoisotopic (exact) mass is 525 g/mol. The van der Waals surface area contributed by atoms with Crippen molar-refractivity contribution in [2.75, 3.05) is 17.3 Å². The minimum absolute atomic E-state index is 0.192. The van der Waals surface area contributed by atoms with Gasteiger partial charge in [0.2, 0.25) is 6.17 Å². The minimum Gasteiger partial charge on any atom is -0.497 e. The molecule has 1 aliphatic heterocycles. The van der Waals surface area contributed by atoms with Gasteiger partial charge in [-0.15, -0.1) is 10.2 Å². The molecule has 1 atom stereocenters. The van der Waals surface area contributed by atoms with Gasteiger partial charge < -0.3 is 15.0 Å². The van der Waals surface area contributed by atoms with Crippen molar-refractivity contribution in [1.82, 2.24) is 10.2 Å². The zero-order valence-corrected chi connectivity index (χ0v) is 21.9. The fraction of sp³-hybridized carbons (Fsp3) is 0.0909. The van der Waals surface area contributed by atoms with Crippen LogP contribution in [0, 0.1) is 0 Å². The number of hydrogen-bond donors (Lipinski definition) is 1. The molecule has 1 aromatic heterocycles. The van der Waals surface area contributed by atoms with Crippen molar-refractivity contribution >= 4 is 23.1 Å². The summed E-state index contributed by atoms with van der Waals surface area (Å²) in [4.78, 5) is 21.0. The Morgan fingerprint density at radius 2 is 1.43 bits per heavy atom. The third-order valence-electron chi connectivity index (χ3n) is 6.77. The van der Waals surface area contributed by atoms with Crippen LogP contribution in [0.15, 0.2) is 126 Å². The molecule has 1 aliphatic rings. The van der Waals surface area contributed by atoms with Gasteiger partial charge in [-0.25, -0.2) is 4.99 Å². The van der Waals surface area contributed by atoms with Gasteiger partial charge in [-0.2, -0.15) is 0 Å². The van der Waals surface area contributed by atoms with Gasteiger partial charge in [-0.05, 0) is 35.9 Å². The maximum atomic E-state index is 14.2. The van der Waals surface area contributed by atoms with E-state index in [-0.39, 0.29) is 5.91 Å². The van der Waals surface area contributed by atoms with Crippen molar-refractivity contribution in [1.29, 1.82) is 0 Å². The Balaban J connectivity index is 1.39. The molecule has 0 aliphatic carbocycles. The zero-order valence-electron chi connectivity index (χ0n) is 21.9.